The normalized spacial score (nSPS) is 10.7. The Morgan fingerprint density at radius 2 is 1.59 bits per heavy atom. The standard InChI is InChI=1S/C21H29N3O2.HI/c1-16-9-10-17(15-20(16)26-4)11-13-23-21(22-2)24-14-12-18-7-5-6-8-19(18)25-3;/h5-10,15H,11-14H2,1-4H3,(H2,22,23,24);1H. The first kappa shape index (κ1) is 23.1. The number of benzene rings is 2. The fourth-order valence-corrected chi connectivity index (χ4v) is 2.79. The lowest BCUT2D eigenvalue weighted by Gasteiger charge is -2.13. The van der Waals surface area contributed by atoms with Crippen LogP contribution in [0.1, 0.15) is 16.7 Å². The molecule has 0 aliphatic rings. The maximum absolute atomic E-state index is 5.39. The zero-order chi connectivity index (χ0) is 18.8. The Hall–Kier alpha value is -1.96. The maximum Gasteiger partial charge on any atom is 0.190 e. The van der Waals surface area contributed by atoms with Crippen molar-refractivity contribution in [1.82, 2.24) is 10.6 Å². The minimum absolute atomic E-state index is 0. The van der Waals surface area contributed by atoms with Gasteiger partial charge in [-0.25, -0.2) is 0 Å². The Balaban J connectivity index is 0.00000364. The Morgan fingerprint density at radius 3 is 2.26 bits per heavy atom. The molecule has 0 radical (unpaired) electrons. The van der Waals surface area contributed by atoms with Crippen molar-refractivity contribution < 1.29 is 9.47 Å². The summed E-state index contributed by atoms with van der Waals surface area (Å²) >= 11 is 0. The number of methoxy groups -OCH3 is 2. The summed E-state index contributed by atoms with van der Waals surface area (Å²) in [4.78, 5) is 4.28. The Morgan fingerprint density at radius 1 is 0.926 bits per heavy atom. The summed E-state index contributed by atoms with van der Waals surface area (Å²) in [6.45, 7) is 3.65. The SMILES string of the molecule is CN=C(NCCc1ccc(C)c(OC)c1)NCCc1ccccc1OC.I. The first-order valence-electron chi connectivity index (χ1n) is 8.88. The third-order valence-corrected chi connectivity index (χ3v) is 4.28. The molecule has 0 spiro atoms. The summed E-state index contributed by atoms with van der Waals surface area (Å²) in [7, 11) is 5.19. The fourth-order valence-electron chi connectivity index (χ4n) is 2.79. The number of aliphatic imine (C=N–C) groups is 1. The summed E-state index contributed by atoms with van der Waals surface area (Å²) in [5, 5.41) is 6.70. The minimum atomic E-state index is 0. The van der Waals surface area contributed by atoms with Crippen LogP contribution in [-0.2, 0) is 12.8 Å². The third-order valence-electron chi connectivity index (χ3n) is 4.28. The van der Waals surface area contributed by atoms with Crippen molar-refractivity contribution in [3.8, 4) is 11.5 Å². The average molecular weight is 483 g/mol. The van der Waals surface area contributed by atoms with Crippen LogP contribution < -0.4 is 20.1 Å². The number of halogens is 1. The number of ether oxygens (including phenoxy) is 2. The quantitative estimate of drug-likeness (QED) is 0.343. The number of guanidine groups is 1. The van der Waals surface area contributed by atoms with Gasteiger partial charge in [0.25, 0.3) is 0 Å². The molecule has 148 valence electrons. The number of aryl methyl sites for hydroxylation is 1. The van der Waals surface area contributed by atoms with Gasteiger partial charge >= 0.3 is 0 Å². The van der Waals surface area contributed by atoms with Crippen molar-refractivity contribution in [1.29, 1.82) is 0 Å². The monoisotopic (exact) mass is 483 g/mol. The average Bonchev–Trinajstić information content (AvgIpc) is 2.68. The molecule has 27 heavy (non-hydrogen) atoms. The first-order chi connectivity index (χ1) is 12.7. The van der Waals surface area contributed by atoms with E-state index in [1.165, 1.54) is 11.1 Å². The highest BCUT2D eigenvalue weighted by atomic mass is 127. The van der Waals surface area contributed by atoms with Gasteiger partial charge in [-0.05, 0) is 48.6 Å². The molecule has 5 nitrogen and oxygen atoms in total. The van der Waals surface area contributed by atoms with Gasteiger partial charge in [-0.1, -0.05) is 30.3 Å². The molecule has 0 amide bonds. The van der Waals surface area contributed by atoms with Gasteiger partial charge in [-0.2, -0.15) is 0 Å². The summed E-state index contributed by atoms with van der Waals surface area (Å²) in [6.07, 6.45) is 1.78. The molecule has 2 aromatic carbocycles. The predicted octanol–water partition coefficient (Wildman–Crippen LogP) is 3.58. The minimum Gasteiger partial charge on any atom is -0.496 e. The predicted molar refractivity (Wildman–Crippen MR) is 123 cm³/mol. The van der Waals surface area contributed by atoms with Crippen LogP contribution in [0.15, 0.2) is 47.5 Å². The lowest BCUT2D eigenvalue weighted by atomic mass is 10.1. The van der Waals surface area contributed by atoms with E-state index < -0.39 is 0 Å². The second kappa shape index (κ2) is 12.4. The van der Waals surface area contributed by atoms with E-state index in [9.17, 15) is 0 Å². The first-order valence-corrected chi connectivity index (χ1v) is 8.88. The highest BCUT2D eigenvalue weighted by Crippen LogP contribution is 2.19. The molecule has 0 saturated carbocycles. The summed E-state index contributed by atoms with van der Waals surface area (Å²) in [6, 6.07) is 14.4. The van der Waals surface area contributed by atoms with E-state index >= 15 is 0 Å². The van der Waals surface area contributed by atoms with Gasteiger partial charge in [-0.3, -0.25) is 4.99 Å². The van der Waals surface area contributed by atoms with E-state index in [2.05, 4.69) is 39.9 Å². The number of para-hydroxylation sites is 1. The molecule has 0 atom stereocenters. The van der Waals surface area contributed by atoms with Crippen LogP contribution in [0.3, 0.4) is 0 Å². The molecule has 0 aromatic heterocycles. The Kier molecular flexibility index (Phi) is 10.6. The second-order valence-corrected chi connectivity index (χ2v) is 6.04. The van der Waals surface area contributed by atoms with Crippen LogP contribution in [0.25, 0.3) is 0 Å². The third kappa shape index (κ3) is 7.28. The number of hydrogen-bond donors (Lipinski definition) is 2. The number of hydrogen-bond acceptors (Lipinski definition) is 3. The molecule has 0 aliphatic heterocycles. The lowest BCUT2D eigenvalue weighted by molar-refractivity contribution is 0.409. The van der Waals surface area contributed by atoms with Crippen molar-refractivity contribution in [3.63, 3.8) is 0 Å². The highest BCUT2D eigenvalue weighted by molar-refractivity contribution is 14.0. The van der Waals surface area contributed by atoms with Crippen molar-refractivity contribution in [2.45, 2.75) is 19.8 Å². The molecule has 0 fully saturated rings. The van der Waals surface area contributed by atoms with Gasteiger partial charge in [0.05, 0.1) is 14.2 Å². The van der Waals surface area contributed by atoms with Gasteiger partial charge < -0.3 is 20.1 Å². The molecule has 0 bridgehead atoms. The Labute approximate surface area is 179 Å². The highest BCUT2D eigenvalue weighted by Gasteiger charge is 2.04. The lowest BCUT2D eigenvalue weighted by Crippen LogP contribution is -2.39. The smallest absolute Gasteiger partial charge is 0.190 e. The van der Waals surface area contributed by atoms with E-state index in [-0.39, 0.29) is 24.0 Å². The molecule has 2 aromatic rings. The molecule has 0 heterocycles. The van der Waals surface area contributed by atoms with Gasteiger partial charge in [-0.15, -0.1) is 24.0 Å². The van der Waals surface area contributed by atoms with Gasteiger partial charge in [0, 0.05) is 20.1 Å². The van der Waals surface area contributed by atoms with Crippen LogP contribution >= 0.6 is 24.0 Å². The molecule has 0 saturated heterocycles. The fraction of sp³-hybridized carbons (Fsp3) is 0.381. The molecule has 2 rings (SSSR count). The van der Waals surface area contributed by atoms with Gasteiger partial charge in [0.2, 0.25) is 0 Å². The largest absolute Gasteiger partial charge is 0.496 e. The molecular weight excluding hydrogens is 453 g/mol. The van der Waals surface area contributed by atoms with Gasteiger partial charge in [0.1, 0.15) is 11.5 Å². The van der Waals surface area contributed by atoms with Crippen molar-refractivity contribution in [2.24, 2.45) is 4.99 Å². The summed E-state index contributed by atoms with van der Waals surface area (Å²) < 4.78 is 10.8. The van der Waals surface area contributed by atoms with Crippen LogP contribution in [0.4, 0.5) is 0 Å². The molecule has 0 aliphatic carbocycles. The van der Waals surface area contributed by atoms with Crippen LogP contribution in [-0.4, -0.2) is 40.3 Å². The number of nitrogens with one attached hydrogen (secondary N) is 2. The molecule has 6 heteroatoms. The number of rotatable bonds is 8. The van der Waals surface area contributed by atoms with Crippen molar-refractivity contribution in [2.75, 3.05) is 34.4 Å². The van der Waals surface area contributed by atoms with Crippen LogP contribution in [0.5, 0.6) is 11.5 Å². The summed E-state index contributed by atoms with van der Waals surface area (Å²) in [5.41, 5.74) is 3.58. The zero-order valence-corrected chi connectivity index (χ0v) is 18.9. The Bertz CT molecular complexity index is 735. The summed E-state index contributed by atoms with van der Waals surface area (Å²) in [5.74, 6) is 2.66. The second-order valence-electron chi connectivity index (χ2n) is 6.04. The zero-order valence-electron chi connectivity index (χ0n) is 16.5. The van der Waals surface area contributed by atoms with Gasteiger partial charge in [0.15, 0.2) is 5.96 Å². The van der Waals surface area contributed by atoms with E-state index in [1.54, 1.807) is 21.3 Å². The molecule has 2 N–H and O–H groups in total. The molecule has 0 unspecified atom stereocenters. The number of nitrogens with zero attached hydrogens (tertiary/aromatic N) is 1. The van der Waals surface area contributed by atoms with E-state index in [1.807, 2.05) is 25.1 Å². The van der Waals surface area contributed by atoms with Crippen molar-refractivity contribution >= 4 is 29.9 Å². The van der Waals surface area contributed by atoms with Crippen molar-refractivity contribution in [3.05, 3.63) is 59.2 Å². The van der Waals surface area contributed by atoms with E-state index in [4.69, 9.17) is 9.47 Å². The topological polar surface area (TPSA) is 54.9 Å². The maximum atomic E-state index is 5.39. The van der Waals surface area contributed by atoms with Crippen LogP contribution in [0, 0.1) is 6.92 Å². The van der Waals surface area contributed by atoms with E-state index in [0.717, 1.165) is 49.0 Å². The molecular formula is C21H30IN3O2. The van der Waals surface area contributed by atoms with Crippen LogP contribution in [0.2, 0.25) is 0 Å². The van der Waals surface area contributed by atoms with E-state index in [0.29, 0.717) is 0 Å².